The van der Waals surface area contributed by atoms with Crippen LogP contribution < -0.4 is 9.47 Å². The van der Waals surface area contributed by atoms with Gasteiger partial charge in [0.15, 0.2) is 11.5 Å². The first-order chi connectivity index (χ1) is 11.5. The van der Waals surface area contributed by atoms with Gasteiger partial charge in [-0.2, -0.15) is 11.8 Å². The number of hydrogen-bond donors (Lipinski definition) is 0. The number of methoxy groups -OCH3 is 1. The van der Waals surface area contributed by atoms with E-state index in [-0.39, 0.29) is 16.3 Å². The Morgan fingerprint density at radius 3 is 2.58 bits per heavy atom. The average Bonchev–Trinajstić information content (AvgIpc) is 2.56. The van der Waals surface area contributed by atoms with Crippen LogP contribution in [0.4, 0.5) is 0 Å². The Morgan fingerprint density at radius 2 is 2.00 bits per heavy atom. The summed E-state index contributed by atoms with van der Waals surface area (Å²) in [5.74, 6) is 0.501. The van der Waals surface area contributed by atoms with Crippen LogP contribution in [-0.2, 0) is 5.75 Å². The second-order valence-corrected chi connectivity index (χ2v) is 6.49. The van der Waals surface area contributed by atoms with Gasteiger partial charge in [-0.05, 0) is 36.6 Å². The lowest BCUT2D eigenvalue weighted by molar-refractivity contribution is 0.0728. The van der Waals surface area contributed by atoms with Crippen molar-refractivity contribution in [1.29, 1.82) is 0 Å². The van der Waals surface area contributed by atoms with Gasteiger partial charge in [-0.3, -0.25) is 4.79 Å². The van der Waals surface area contributed by atoms with Gasteiger partial charge in [-0.1, -0.05) is 23.2 Å². The molecule has 0 fully saturated rings. The fraction of sp³-hybridized carbons (Fsp3) is 0.176. The van der Waals surface area contributed by atoms with Gasteiger partial charge in [-0.25, -0.2) is 4.79 Å². The second kappa shape index (κ2) is 8.42. The zero-order valence-electron chi connectivity index (χ0n) is 13.0. The lowest BCUT2D eigenvalue weighted by atomic mass is 10.1. The molecule has 0 aliphatic carbocycles. The van der Waals surface area contributed by atoms with Crippen molar-refractivity contribution in [2.24, 2.45) is 0 Å². The zero-order valence-corrected chi connectivity index (χ0v) is 15.3. The van der Waals surface area contributed by atoms with Crippen molar-refractivity contribution in [2.45, 2.75) is 5.75 Å². The summed E-state index contributed by atoms with van der Waals surface area (Å²) in [5, 5.41) is 0.620. The normalized spacial score (nSPS) is 10.3. The van der Waals surface area contributed by atoms with Gasteiger partial charge in [0.2, 0.25) is 0 Å². The van der Waals surface area contributed by atoms with E-state index >= 15 is 0 Å². The molecule has 2 aromatic carbocycles. The number of esters is 1. The van der Waals surface area contributed by atoms with Crippen LogP contribution in [0.3, 0.4) is 0 Å². The summed E-state index contributed by atoms with van der Waals surface area (Å²) in [6.07, 6.45) is 2.62. The van der Waals surface area contributed by atoms with Crippen LogP contribution in [0.25, 0.3) is 0 Å². The van der Waals surface area contributed by atoms with Crippen LogP contribution >= 0.6 is 35.0 Å². The first-order valence-electron chi connectivity index (χ1n) is 6.82. The van der Waals surface area contributed by atoms with Gasteiger partial charge in [0.1, 0.15) is 6.29 Å². The molecule has 0 amide bonds. The number of hydrogen-bond acceptors (Lipinski definition) is 5. The second-order valence-electron chi connectivity index (χ2n) is 4.78. The Hall–Kier alpha value is -1.69. The van der Waals surface area contributed by atoms with E-state index in [1.807, 2.05) is 6.26 Å². The summed E-state index contributed by atoms with van der Waals surface area (Å²) in [4.78, 5) is 23.5. The van der Waals surface area contributed by atoms with Crippen molar-refractivity contribution >= 4 is 47.2 Å². The Morgan fingerprint density at radius 1 is 1.25 bits per heavy atom. The third-order valence-corrected chi connectivity index (χ3v) is 4.30. The highest BCUT2D eigenvalue weighted by Crippen LogP contribution is 2.35. The SMILES string of the molecule is COc1cc(C=O)cc(CSC)c1OC(=O)c1ccc(Cl)cc1Cl. The minimum Gasteiger partial charge on any atom is -0.493 e. The molecule has 2 rings (SSSR count). The predicted octanol–water partition coefficient (Wildman–Crippen LogP) is 4.90. The van der Waals surface area contributed by atoms with Crippen LogP contribution in [0.15, 0.2) is 30.3 Å². The van der Waals surface area contributed by atoms with Gasteiger partial charge < -0.3 is 9.47 Å². The molecule has 0 aliphatic heterocycles. The molecule has 0 radical (unpaired) electrons. The summed E-state index contributed by atoms with van der Waals surface area (Å²) < 4.78 is 10.8. The average molecular weight is 385 g/mol. The molecule has 0 saturated carbocycles. The Kier molecular flexibility index (Phi) is 6.54. The Balaban J connectivity index is 2.43. The minimum atomic E-state index is -0.629. The first kappa shape index (κ1) is 18.6. The van der Waals surface area contributed by atoms with Crippen LogP contribution in [0, 0.1) is 0 Å². The maximum Gasteiger partial charge on any atom is 0.345 e. The molecule has 24 heavy (non-hydrogen) atoms. The monoisotopic (exact) mass is 384 g/mol. The molecule has 0 aliphatic rings. The summed E-state index contributed by atoms with van der Waals surface area (Å²) in [7, 11) is 1.44. The number of aldehydes is 1. The highest BCUT2D eigenvalue weighted by Gasteiger charge is 2.19. The van der Waals surface area contributed by atoms with E-state index in [0.717, 1.165) is 0 Å². The molecule has 0 heterocycles. The molecular formula is C17H14Cl2O4S. The number of ether oxygens (including phenoxy) is 2. The number of carbonyl (C=O) groups is 2. The summed E-state index contributed by atoms with van der Waals surface area (Å²) in [6, 6.07) is 7.70. The Bertz CT molecular complexity index is 777. The number of thioether (sulfide) groups is 1. The van der Waals surface area contributed by atoms with E-state index in [2.05, 4.69) is 0 Å². The first-order valence-corrected chi connectivity index (χ1v) is 8.97. The van der Waals surface area contributed by atoms with E-state index in [9.17, 15) is 9.59 Å². The number of carbonyl (C=O) groups excluding carboxylic acids is 2. The van der Waals surface area contributed by atoms with Crippen molar-refractivity contribution in [3.63, 3.8) is 0 Å². The molecule has 0 atom stereocenters. The van der Waals surface area contributed by atoms with Crippen molar-refractivity contribution < 1.29 is 19.1 Å². The lowest BCUT2D eigenvalue weighted by Crippen LogP contribution is -2.11. The van der Waals surface area contributed by atoms with Gasteiger partial charge >= 0.3 is 5.97 Å². The highest BCUT2D eigenvalue weighted by molar-refractivity contribution is 7.97. The van der Waals surface area contributed by atoms with Crippen LogP contribution in [0.1, 0.15) is 26.3 Å². The van der Waals surface area contributed by atoms with E-state index in [1.165, 1.54) is 37.1 Å². The predicted molar refractivity (Wildman–Crippen MR) is 97.0 cm³/mol. The fourth-order valence-corrected chi connectivity index (χ4v) is 3.10. The van der Waals surface area contributed by atoms with Gasteiger partial charge in [0.05, 0.1) is 17.7 Å². The van der Waals surface area contributed by atoms with Gasteiger partial charge in [0, 0.05) is 21.9 Å². The standard InChI is InChI=1S/C17H14Cl2O4S/c1-22-15-6-10(8-20)5-11(9-24-2)16(15)23-17(21)13-4-3-12(18)7-14(13)19/h3-8H,9H2,1-2H3. The van der Waals surface area contributed by atoms with Crippen molar-refractivity contribution in [2.75, 3.05) is 13.4 Å². The van der Waals surface area contributed by atoms with E-state index in [1.54, 1.807) is 12.1 Å². The quantitative estimate of drug-likeness (QED) is 0.402. The van der Waals surface area contributed by atoms with Crippen LogP contribution in [0.2, 0.25) is 10.0 Å². The molecule has 0 N–H and O–H groups in total. The van der Waals surface area contributed by atoms with Crippen LogP contribution in [0.5, 0.6) is 11.5 Å². The lowest BCUT2D eigenvalue weighted by Gasteiger charge is -2.15. The molecule has 0 saturated heterocycles. The Labute approximate surface area is 154 Å². The highest BCUT2D eigenvalue weighted by atomic mass is 35.5. The largest absolute Gasteiger partial charge is 0.493 e. The molecule has 0 spiro atoms. The summed E-state index contributed by atoms with van der Waals surface area (Å²) >= 11 is 13.4. The number of rotatable bonds is 6. The van der Waals surface area contributed by atoms with Crippen LogP contribution in [-0.4, -0.2) is 25.6 Å². The van der Waals surface area contributed by atoms with E-state index in [0.29, 0.717) is 33.9 Å². The van der Waals surface area contributed by atoms with Gasteiger partial charge in [-0.15, -0.1) is 0 Å². The molecule has 7 heteroatoms. The molecule has 0 aromatic heterocycles. The minimum absolute atomic E-state index is 0.192. The van der Waals surface area contributed by atoms with E-state index in [4.69, 9.17) is 32.7 Å². The maximum absolute atomic E-state index is 12.4. The molecular weight excluding hydrogens is 371 g/mol. The fourth-order valence-electron chi connectivity index (χ4n) is 2.08. The molecule has 126 valence electrons. The van der Waals surface area contributed by atoms with Crippen molar-refractivity contribution in [1.82, 2.24) is 0 Å². The maximum atomic E-state index is 12.4. The number of halogens is 2. The van der Waals surface area contributed by atoms with Crippen molar-refractivity contribution in [3.8, 4) is 11.5 Å². The third-order valence-electron chi connectivity index (χ3n) is 3.16. The zero-order chi connectivity index (χ0) is 17.7. The van der Waals surface area contributed by atoms with Gasteiger partial charge in [0.25, 0.3) is 0 Å². The molecule has 2 aromatic rings. The van der Waals surface area contributed by atoms with Crippen molar-refractivity contribution in [3.05, 3.63) is 57.1 Å². The summed E-state index contributed by atoms with van der Waals surface area (Å²) in [5.41, 5.74) is 1.32. The summed E-state index contributed by atoms with van der Waals surface area (Å²) in [6.45, 7) is 0. The molecule has 0 bridgehead atoms. The smallest absolute Gasteiger partial charge is 0.345 e. The van der Waals surface area contributed by atoms with E-state index < -0.39 is 5.97 Å². The number of benzene rings is 2. The third kappa shape index (κ3) is 4.23. The molecule has 0 unspecified atom stereocenters. The molecule has 4 nitrogen and oxygen atoms in total. The topological polar surface area (TPSA) is 52.6 Å².